The van der Waals surface area contributed by atoms with E-state index in [1.54, 1.807) is 6.07 Å². The first-order valence-corrected chi connectivity index (χ1v) is 7.69. The summed E-state index contributed by atoms with van der Waals surface area (Å²) in [6, 6.07) is 1.47. The van der Waals surface area contributed by atoms with E-state index in [4.69, 9.17) is 17.3 Å². The highest BCUT2D eigenvalue weighted by Crippen LogP contribution is 2.31. The van der Waals surface area contributed by atoms with E-state index in [2.05, 4.69) is 9.97 Å². The Morgan fingerprint density at radius 3 is 2.90 bits per heavy atom. The third-order valence-corrected chi connectivity index (χ3v) is 5.50. The molecule has 1 atom stereocenters. The van der Waals surface area contributed by atoms with E-state index in [1.165, 1.54) is 16.7 Å². The second-order valence-corrected chi connectivity index (χ2v) is 6.89. The highest BCUT2D eigenvalue weighted by Gasteiger charge is 2.33. The molecule has 1 saturated heterocycles. The summed E-state index contributed by atoms with van der Waals surface area (Å²) < 4.78 is 26.5. The van der Waals surface area contributed by atoms with Gasteiger partial charge in [0.2, 0.25) is 10.0 Å². The maximum Gasteiger partial charge on any atom is 0.245 e. The van der Waals surface area contributed by atoms with Crippen LogP contribution in [0.3, 0.4) is 0 Å². The standard InChI is InChI=1S/C11H13ClN4O2S.ClH/c12-8-1-3-14-11-10(8)9(5-15-11)19(17,18)16-4-2-7(13)6-16;/h1,3,5,7H,2,4,6,13H2,(H,14,15);1H/t7-;/m1./s1. The number of halogens is 2. The van der Waals surface area contributed by atoms with Gasteiger partial charge in [0.15, 0.2) is 0 Å². The van der Waals surface area contributed by atoms with Crippen molar-refractivity contribution in [1.29, 1.82) is 0 Å². The molecule has 1 fully saturated rings. The SMILES string of the molecule is Cl.N[C@@H]1CCN(S(=O)(=O)c2c[nH]c3nccc(Cl)c23)C1. The minimum absolute atomic E-state index is 0. The Kier molecular flexibility index (Phi) is 4.27. The highest BCUT2D eigenvalue weighted by molar-refractivity contribution is 7.89. The lowest BCUT2D eigenvalue weighted by molar-refractivity contribution is 0.473. The lowest BCUT2D eigenvalue weighted by Gasteiger charge is -2.15. The maximum absolute atomic E-state index is 12.6. The Morgan fingerprint density at radius 1 is 1.50 bits per heavy atom. The van der Waals surface area contributed by atoms with Crippen molar-refractivity contribution in [2.24, 2.45) is 5.73 Å². The fourth-order valence-corrected chi connectivity index (χ4v) is 4.29. The second kappa shape index (κ2) is 5.50. The quantitative estimate of drug-likeness (QED) is 0.865. The lowest BCUT2D eigenvalue weighted by atomic mass is 10.3. The van der Waals surface area contributed by atoms with Crippen LogP contribution < -0.4 is 5.73 Å². The van der Waals surface area contributed by atoms with E-state index in [1.807, 2.05) is 0 Å². The second-order valence-electron chi connectivity index (χ2n) is 4.58. The Hall–Kier alpha value is -0.860. The molecule has 0 amide bonds. The van der Waals surface area contributed by atoms with Crippen molar-refractivity contribution in [2.45, 2.75) is 17.4 Å². The highest BCUT2D eigenvalue weighted by atomic mass is 35.5. The first kappa shape index (κ1) is 15.5. The van der Waals surface area contributed by atoms with Crippen LogP contribution in [0.15, 0.2) is 23.4 Å². The van der Waals surface area contributed by atoms with Gasteiger partial charge in [-0.1, -0.05) is 11.6 Å². The van der Waals surface area contributed by atoms with E-state index < -0.39 is 10.0 Å². The smallest absolute Gasteiger partial charge is 0.245 e. The van der Waals surface area contributed by atoms with E-state index in [9.17, 15) is 8.42 Å². The van der Waals surface area contributed by atoms with Crippen LogP contribution in [0.4, 0.5) is 0 Å². The molecule has 3 N–H and O–H groups in total. The third kappa shape index (κ3) is 2.40. The van der Waals surface area contributed by atoms with Gasteiger partial charge in [-0.25, -0.2) is 13.4 Å². The zero-order valence-corrected chi connectivity index (χ0v) is 12.8. The van der Waals surface area contributed by atoms with Gasteiger partial charge in [0, 0.05) is 31.5 Å². The molecular weight excluding hydrogens is 323 g/mol. The number of nitrogens with two attached hydrogens (primary N) is 1. The zero-order chi connectivity index (χ0) is 13.6. The van der Waals surface area contributed by atoms with Gasteiger partial charge in [0.1, 0.15) is 10.5 Å². The van der Waals surface area contributed by atoms with Crippen LogP contribution in [0, 0.1) is 0 Å². The van der Waals surface area contributed by atoms with Crippen molar-refractivity contribution in [3.63, 3.8) is 0 Å². The number of aromatic nitrogens is 2. The van der Waals surface area contributed by atoms with Gasteiger partial charge in [-0.15, -0.1) is 12.4 Å². The Bertz CT molecular complexity index is 731. The van der Waals surface area contributed by atoms with Crippen molar-refractivity contribution in [2.75, 3.05) is 13.1 Å². The predicted octanol–water partition coefficient (Wildman–Crippen LogP) is 1.36. The third-order valence-electron chi connectivity index (χ3n) is 3.29. The lowest BCUT2D eigenvalue weighted by Crippen LogP contribution is -2.31. The summed E-state index contributed by atoms with van der Waals surface area (Å²) >= 11 is 6.08. The van der Waals surface area contributed by atoms with Crippen LogP contribution in [-0.4, -0.2) is 41.8 Å². The Balaban J connectivity index is 0.00000147. The van der Waals surface area contributed by atoms with Crippen molar-refractivity contribution in [1.82, 2.24) is 14.3 Å². The summed E-state index contributed by atoms with van der Waals surface area (Å²) in [6.07, 6.45) is 3.64. The zero-order valence-electron chi connectivity index (χ0n) is 10.4. The van der Waals surface area contributed by atoms with E-state index >= 15 is 0 Å². The average molecular weight is 337 g/mol. The van der Waals surface area contributed by atoms with Crippen LogP contribution in [0.2, 0.25) is 5.02 Å². The van der Waals surface area contributed by atoms with Gasteiger partial charge >= 0.3 is 0 Å². The largest absolute Gasteiger partial charge is 0.345 e. The minimum Gasteiger partial charge on any atom is -0.345 e. The summed E-state index contributed by atoms with van der Waals surface area (Å²) in [5.74, 6) is 0. The summed E-state index contributed by atoms with van der Waals surface area (Å²) in [7, 11) is -3.58. The molecule has 3 heterocycles. The molecule has 110 valence electrons. The molecule has 0 aromatic carbocycles. The topological polar surface area (TPSA) is 92.1 Å². The molecular formula is C11H14Cl2N4O2S. The van der Waals surface area contributed by atoms with Crippen LogP contribution in [0.5, 0.6) is 0 Å². The molecule has 2 aromatic heterocycles. The van der Waals surface area contributed by atoms with E-state index in [0.717, 1.165) is 0 Å². The van der Waals surface area contributed by atoms with Crippen LogP contribution >= 0.6 is 24.0 Å². The summed E-state index contributed by atoms with van der Waals surface area (Å²) in [5, 5.41) is 0.804. The van der Waals surface area contributed by atoms with Gasteiger partial charge in [-0.3, -0.25) is 0 Å². The molecule has 0 aliphatic carbocycles. The summed E-state index contributed by atoms with van der Waals surface area (Å²) in [6.45, 7) is 0.779. The molecule has 0 saturated carbocycles. The van der Waals surface area contributed by atoms with Crippen molar-refractivity contribution in [3.8, 4) is 0 Å². The minimum atomic E-state index is -3.58. The summed E-state index contributed by atoms with van der Waals surface area (Å²) in [4.78, 5) is 7.07. The monoisotopic (exact) mass is 336 g/mol. The molecule has 0 spiro atoms. The van der Waals surface area contributed by atoms with Crippen LogP contribution in [0.25, 0.3) is 11.0 Å². The number of fused-ring (bicyclic) bond motifs is 1. The summed E-state index contributed by atoms with van der Waals surface area (Å²) in [5.41, 5.74) is 6.23. The van der Waals surface area contributed by atoms with Gasteiger partial charge in [0.25, 0.3) is 0 Å². The molecule has 2 aromatic rings. The number of sulfonamides is 1. The van der Waals surface area contributed by atoms with Gasteiger partial charge < -0.3 is 10.7 Å². The number of H-pyrrole nitrogens is 1. The molecule has 9 heteroatoms. The van der Waals surface area contributed by atoms with Crippen LogP contribution in [0.1, 0.15) is 6.42 Å². The van der Waals surface area contributed by atoms with E-state index in [0.29, 0.717) is 35.6 Å². The Labute approximate surface area is 127 Å². The predicted molar refractivity (Wildman–Crippen MR) is 79.7 cm³/mol. The first-order chi connectivity index (χ1) is 9.00. The number of hydrogen-bond donors (Lipinski definition) is 2. The first-order valence-electron chi connectivity index (χ1n) is 5.87. The maximum atomic E-state index is 12.6. The molecule has 1 aliphatic heterocycles. The number of hydrogen-bond acceptors (Lipinski definition) is 4. The number of aromatic amines is 1. The molecule has 1 aliphatic rings. The molecule has 0 bridgehead atoms. The Morgan fingerprint density at radius 2 is 2.25 bits per heavy atom. The number of pyridine rings is 1. The number of nitrogens with zero attached hydrogens (tertiary/aromatic N) is 2. The van der Waals surface area contributed by atoms with Gasteiger partial charge in [-0.2, -0.15) is 4.31 Å². The van der Waals surface area contributed by atoms with Gasteiger partial charge in [0.05, 0.1) is 10.4 Å². The van der Waals surface area contributed by atoms with Crippen molar-refractivity contribution in [3.05, 3.63) is 23.5 Å². The molecule has 3 rings (SSSR count). The van der Waals surface area contributed by atoms with E-state index in [-0.39, 0.29) is 23.3 Å². The van der Waals surface area contributed by atoms with Crippen molar-refractivity contribution >= 4 is 45.1 Å². The normalized spacial score (nSPS) is 20.2. The van der Waals surface area contributed by atoms with Gasteiger partial charge in [-0.05, 0) is 12.5 Å². The fourth-order valence-electron chi connectivity index (χ4n) is 2.30. The molecule has 20 heavy (non-hydrogen) atoms. The molecule has 0 radical (unpaired) electrons. The average Bonchev–Trinajstić information content (AvgIpc) is 2.96. The number of nitrogens with one attached hydrogen (secondary N) is 1. The number of rotatable bonds is 2. The fraction of sp³-hybridized carbons (Fsp3) is 0.364. The van der Waals surface area contributed by atoms with Crippen molar-refractivity contribution < 1.29 is 8.42 Å². The van der Waals surface area contributed by atoms with Crippen LogP contribution in [-0.2, 0) is 10.0 Å². The molecule has 0 unspecified atom stereocenters. The molecule has 6 nitrogen and oxygen atoms in total.